The second kappa shape index (κ2) is 13.4. The summed E-state index contributed by atoms with van der Waals surface area (Å²) in [7, 11) is 0. The summed E-state index contributed by atoms with van der Waals surface area (Å²) in [6.45, 7) is 15.2. The molecule has 4 bridgehead atoms. The van der Waals surface area contributed by atoms with Crippen LogP contribution in [0.2, 0.25) is 0 Å². The van der Waals surface area contributed by atoms with Crippen molar-refractivity contribution in [2.24, 2.45) is 27.6 Å². The van der Waals surface area contributed by atoms with E-state index in [4.69, 9.17) is 25.5 Å². The zero-order valence-corrected chi connectivity index (χ0v) is 22.5. The molecule has 4 aliphatic carbocycles. The highest BCUT2D eigenvalue weighted by atomic mass is 16.4. The number of carboxylic acid groups (broad SMARTS) is 3. The molecule has 0 spiro atoms. The molecule has 0 heterocycles. The molecular formula is C27H46O9. The molecule has 0 aromatic carbocycles. The minimum Gasteiger partial charge on any atom is -0.481 e. The van der Waals surface area contributed by atoms with E-state index in [1.54, 1.807) is 0 Å². The van der Waals surface area contributed by atoms with E-state index in [9.17, 15) is 19.5 Å². The Labute approximate surface area is 214 Å². The lowest BCUT2D eigenvalue weighted by atomic mass is 9.40. The van der Waals surface area contributed by atoms with Crippen molar-refractivity contribution in [3.63, 3.8) is 0 Å². The monoisotopic (exact) mass is 514 g/mol. The van der Waals surface area contributed by atoms with E-state index >= 15 is 0 Å². The second-order valence-corrected chi connectivity index (χ2v) is 11.7. The van der Waals surface area contributed by atoms with E-state index < -0.39 is 23.3 Å². The Morgan fingerprint density at radius 3 is 1.28 bits per heavy atom. The number of hydrogen-bond donors (Lipinski definition) is 6. The van der Waals surface area contributed by atoms with Crippen LogP contribution in [-0.4, -0.2) is 68.4 Å². The summed E-state index contributed by atoms with van der Waals surface area (Å²) in [6.07, 6.45) is 7.22. The summed E-state index contributed by atoms with van der Waals surface area (Å²) >= 11 is 0. The Morgan fingerprint density at radius 2 is 1.11 bits per heavy atom. The Kier molecular flexibility index (Phi) is 12.5. The van der Waals surface area contributed by atoms with E-state index in [1.807, 2.05) is 6.92 Å². The van der Waals surface area contributed by atoms with Crippen LogP contribution in [0.15, 0.2) is 24.3 Å². The van der Waals surface area contributed by atoms with E-state index in [2.05, 4.69) is 27.0 Å². The van der Waals surface area contributed by atoms with Crippen LogP contribution in [0.5, 0.6) is 0 Å². The van der Waals surface area contributed by atoms with Crippen molar-refractivity contribution in [3.05, 3.63) is 24.3 Å². The van der Waals surface area contributed by atoms with Crippen LogP contribution in [-0.2, 0) is 14.4 Å². The number of carbonyl (C=O) groups is 3. The highest BCUT2D eigenvalue weighted by Crippen LogP contribution is 2.69. The number of aliphatic hydroxyl groups excluding tert-OH is 3. The molecule has 4 aliphatic rings. The molecule has 208 valence electrons. The van der Waals surface area contributed by atoms with Gasteiger partial charge in [-0.25, -0.2) is 9.59 Å². The van der Waals surface area contributed by atoms with Crippen molar-refractivity contribution in [2.45, 2.75) is 79.6 Å². The van der Waals surface area contributed by atoms with Gasteiger partial charge >= 0.3 is 17.9 Å². The SMILES string of the molecule is C=C(C)C(=O)O.C=C(C)C(=O)O.CC12CC3CC(C)(C1)CC(C(=O)O)(C3)C2.CCC(CO)(CO)CO. The third kappa shape index (κ3) is 9.33. The standard InChI is InChI=1S/C13H20O2.C6H14O3.2C4H6O2/c1-11-3-9-4-12(2,6-11)8-13(5-9,7-11)10(14)15;1-2-6(3-7,4-8)5-9;2*1-3(2)4(5)6/h9H,3-8H2,1-2H3,(H,14,15);7-9H,2-5H2,1H3;2*1H2,2H3,(H,5,6). The van der Waals surface area contributed by atoms with Crippen LogP contribution in [0.25, 0.3) is 0 Å². The van der Waals surface area contributed by atoms with E-state index in [0.29, 0.717) is 23.2 Å². The van der Waals surface area contributed by atoms with Crippen molar-refractivity contribution in [3.8, 4) is 0 Å². The highest BCUT2D eigenvalue weighted by Gasteiger charge is 2.62. The molecule has 4 fully saturated rings. The fourth-order valence-corrected chi connectivity index (χ4v) is 6.17. The van der Waals surface area contributed by atoms with Gasteiger partial charge < -0.3 is 30.6 Å². The average molecular weight is 515 g/mol. The van der Waals surface area contributed by atoms with Crippen molar-refractivity contribution < 1.29 is 45.0 Å². The number of hydrogen-bond acceptors (Lipinski definition) is 6. The first-order chi connectivity index (χ1) is 16.4. The molecule has 9 nitrogen and oxygen atoms in total. The number of carboxylic acids is 3. The van der Waals surface area contributed by atoms with Gasteiger partial charge in [0.15, 0.2) is 0 Å². The van der Waals surface area contributed by atoms with Gasteiger partial charge in [-0.1, -0.05) is 33.9 Å². The average Bonchev–Trinajstić information content (AvgIpc) is 2.74. The summed E-state index contributed by atoms with van der Waals surface area (Å²) in [4.78, 5) is 30.7. The molecule has 0 amide bonds. The highest BCUT2D eigenvalue weighted by molar-refractivity contribution is 5.85. The Hall–Kier alpha value is -2.23. The first-order valence-electron chi connectivity index (χ1n) is 12.2. The zero-order chi connectivity index (χ0) is 28.5. The van der Waals surface area contributed by atoms with Crippen LogP contribution in [0, 0.1) is 27.6 Å². The summed E-state index contributed by atoms with van der Waals surface area (Å²) in [5.74, 6) is -1.71. The fourth-order valence-electron chi connectivity index (χ4n) is 6.17. The third-order valence-corrected chi connectivity index (χ3v) is 7.57. The van der Waals surface area contributed by atoms with Crippen LogP contribution in [0.3, 0.4) is 0 Å². The van der Waals surface area contributed by atoms with Crippen LogP contribution >= 0.6 is 0 Å². The normalized spacial score (nSPS) is 29.3. The minimum absolute atomic E-state index is 0.156. The van der Waals surface area contributed by atoms with Crippen molar-refractivity contribution in [1.29, 1.82) is 0 Å². The molecule has 6 N–H and O–H groups in total. The van der Waals surface area contributed by atoms with Gasteiger partial charge in [-0.15, -0.1) is 0 Å². The molecule has 0 saturated heterocycles. The summed E-state index contributed by atoms with van der Waals surface area (Å²) in [5, 5.41) is 51.3. The maximum absolute atomic E-state index is 11.5. The molecule has 0 aromatic rings. The number of aliphatic hydroxyl groups is 3. The molecule has 36 heavy (non-hydrogen) atoms. The third-order valence-electron chi connectivity index (χ3n) is 7.57. The second-order valence-electron chi connectivity index (χ2n) is 11.7. The first-order valence-corrected chi connectivity index (χ1v) is 12.2. The maximum Gasteiger partial charge on any atom is 0.330 e. The summed E-state index contributed by atoms with van der Waals surface area (Å²) < 4.78 is 0. The maximum atomic E-state index is 11.5. The molecule has 4 rings (SSSR count). The van der Waals surface area contributed by atoms with Gasteiger partial charge in [0.25, 0.3) is 0 Å². The molecule has 2 unspecified atom stereocenters. The molecule has 9 heteroatoms. The number of rotatable bonds is 7. The quantitative estimate of drug-likeness (QED) is 0.277. The van der Waals surface area contributed by atoms with E-state index in [1.165, 1.54) is 33.1 Å². The largest absolute Gasteiger partial charge is 0.481 e. The Morgan fingerprint density at radius 1 is 0.778 bits per heavy atom. The van der Waals surface area contributed by atoms with Crippen LogP contribution in [0.4, 0.5) is 0 Å². The van der Waals surface area contributed by atoms with Gasteiger partial charge in [-0.05, 0) is 75.5 Å². The van der Waals surface area contributed by atoms with Gasteiger partial charge in [0.05, 0.1) is 25.2 Å². The van der Waals surface area contributed by atoms with E-state index in [-0.39, 0.29) is 36.4 Å². The Bertz CT molecular complexity index is 729. The minimum atomic E-state index is -0.935. The zero-order valence-electron chi connectivity index (χ0n) is 22.5. The molecule has 2 atom stereocenters. The van der Waals surface area contributed by atoms with Gasteiger partial charge in [-0.3, -0.25) is 4.79 Å². The summed E-state index contributed by atoms with van der Waals surface area (Å²) in [6, 6.07) is 0. The molecule has 0 radical (unpaired) electrons. The smallest absolute Gasteiger partial charge is 0.330 e. The van der Waals surface area contributed by atoms with Crippen LogP contribution < -0.4 is 0 Å². The topological polar surface area (TPSA) is 173 Å². The lowest BCUT2D eigenvalue weighted by Crippen LogP contribution is -2.57. The number of aliphatic carboxylic acids is 3. The lowest BCUT2D eigenvalue weighted by molar-refractivity contribution is -0.185. The Balaban J connectivity index is 0.000000504. The predicted molar refractivity (Wildman–Crippen MR) is 136 cm³/mol. The fraction of sp³-hybridized carbons (Fsp3) is 0.741. The summed E-state index contributed by atoms with van der Waals surface area (Å²) in [5.41, 5.74) is -0.0211. The lowest BCUT2D eigenvalue weighted by Gasteiger charge is -2.63. The van der Waals surface area contributed by atoms with Gasteiger partial charge in [0.1, 0.15) is 0 Å². The molecule has 0 aliphatic heterocycles. The van der Waals surface area contributed by atoms with E-state index in [0.717, 1.165) is 19.3 Å². The van der Waals surface area contributed by atoms with Crippen LogP contribution in [0.1, 0.15) is 79.6 Å². The van der Waals surface area contributed by atoms with Crippen molar-refractivity contribution >= 4 is 17.9 Å². The molecule has 4 saturated carbocycles. The first kappa shape index (κ1) is 33.8. The van der Waals surface area contributed by atoms with Gasteiger partial charge in [-0.2, -0.15) is 0 Å². The van der Waals surface area contributed by atoms with Gasteiger partial charge in [0.2, 0.25) is 0 Å². The van der Waals surface area contributed by atoms with Gasteiger partial charge in [0, 0.05) is 16.6 Å². The van der Waals surface area contributed by atoms with Crippen molar-refractivity contribution in [2.75, 3.05) is 19.8 Å². The molecular weight excluding hydrogens is 468 g/mol. The predicted octanol–water partition coefficient (Wildman–Crippen LogP) is 3.72. The molecule has 0 aromatic heterocycles. The van der Waals surface area contributed by atoms with Crippen molar-refractivity contribution in [1.82, 2.24) is 0 Å².